The number of benzene rings is 1. The van der Waals surface area contributed by atoms with Crippen molar-refractivity contribution in [3.05, 3.63) is 23.8 Å². The third kappa shape index (κ3) is 3.37. The van der Waals surface area contributed by atoms with Crippen LogP contribution in [0.15, 0.2) is 18.2 Å². The highest BCUT2D eigenvalue weighted by atomic mass is 35.6. The Morgan fingerprint density at radius 2 is 2.00 bits per heavy atom. The van der Waals surface area contributed by atoms with Crippen molar-refractivity contribution in [1.29, 1.82) is 0 Å². The van der Waals surface area contributed by atoms with Crippen LogP contribution in [0, 0.1) is 0 Å². The molecule has 1 aliphatic rings. The molecule has 1 aromatic carbocycles. The van der Waals surface area contributed by atoms with Crippen molar-refractivity contribution in [1.82, 2.24) is 0 Å². The molecule has 4 nitrogen and oxygen atoms in total. The summed E-state index contributed by atoms with van der Waals surface area (Å²) in [6.07, 6.45) is 0.266. The molecule has 0 spiro atoms. The summed E-state index contributed by atoms with van der Waals surface area (Å²) in [5, 5.41) is 2.43. The Morgan fingerprint density at radius 3 is 2.60 bits per heavy atom. The molecule has 0 aromatic heterocycles. The number of fused-ring (bicyclic) bond motifs is 1. The molecule has 0 atom stereocenters. The first-order valence-electron chi connectivity index (χ1n) is 5.83. The first kappa shape index (κ1) is 15.4. The van der Waals surface area contributed by atoms with Gasteiger partial charge >= 0.3 is 0 Å². The van der Waals surface area contributed by atoms with E-state index >= 15 is 0 Å². The molecule has 1 amide bonds. The first-order valence-corrected chi connectivity index (χ1v) is 6.96. The van der Waals surface area contributed by atoms with Gasteiger partial charge in [0.2, 0.25) is 0 Å². The van der Waals surface area contributed by atoms with Gasteiger partial charge in [-0.05, 0) is 32.0 Å². The van der Waals surface area contributed by atoms with Crippen LogP contribution in [0.5, 0.6) is 5.75 Å². The van der Waals surface area contributed by atoms with Gasteiger partial charge in [0.15, 0.2) is 5.78 Å². The summed E-state index contributed by atoms with van der Waals surface area (Å²) < 4.78 is 3.65. The average molecular weight is 337 g/mol. The molecule has 0 aliphatic carbocycles. The van der Waals surface area contributed by atoms with Crippen molar-refractivity contribution in [3.63, 3.8) is 0 Å². The molecule has 0 unspecified atom stereocenters. The predicted molar refractivity (Wildman–Crippen MR) is 79.0 cm³/mol. The maximum atomic E-state index is 12.1. The highest BCUT2D eigenvalue weighted by Crippen LogP contribution is 2.35. The van der Waals surface area contributed by atoms with E-state index in [1.807, 2.05) is 13.8 Å². The minimum Gasteiger partial charge on any atom is -0.487 e. The maximum Gasteiger partial charge on any atom is 0.276 e. The Kier molecular flexibility index (Phi) is 3.93. The van der Waals surface area contributed by atoms with Crippen LogP contribution in [-0.4, -0.2) is 21.1 Å². The van der Waals surface area contributed by atoms with E-state index in [4.69, 9.17) is 39.5 Å². The van der Waals surface area contributed by atoms with Crippen LogP contribution in [0.1, 0.15) is 30.6 Å². The van der Waals surface area contributed by atoms with E-state index < -0.39 is 15.3 Å². The molecule has 2 rings (SSSR count). The van der Waals surface area contributed by atoms with Gasteiger partial charge < -0.3 is 10.1 Å². The summed E-state index contributed by atoms with van der Waals surface area (Å²) in [4.78, 5) is 23.6. The van der Waals surface area contributed by atoms with Crippen LogP contribution >= 0.6 is 34.8 Å². The van der Waals surface area contributed by atoms with Gasteiger partial charge in [-0.15, -0.1) is 0 Å². The lowest BCUT2D eigenvalue weighted by molar-refractivity contribution is -0.115. The average Bonchev–Trinajstić information content (AvgIpc) is 2.27. The summed E-state index contributed by atoms with van der Waals surface area (Å²) in [5.74, 6) is -0.355. The highest BCUT2D eigenvalue weighted by Gasteiger charge is 2.34. The SMILES string of the molecule is CC1(C)CC(=O)c2cc(NC(=O)C(Cl)(Cl)Cl)ccc2O1. The third-order valence-corrected chi connectivity index (χ3v) is 3.28. The van der Waals surface area contributed by atoms with Crippen molar-refractivity contribution < 1.29 is 14.3 Å². The standard InChI is InChI=1S/C13H12Cl3NO3/c1-12(2)6-9(18)8-5-7(3-4-10(8)20-12)17-11(19)13(14,15)16/h3-5H,6H2,1-2H3,(H,17,19). The molecule has 1 N–H and O–H groups in total. The smallest absolute Gasteiger partial charge is 0.276 e. The van der Waals surface area contributed by atoms with Crippen molar-refractivity contribution >= 4 is 52.2 Å². The Morgan fingerprint density at radius 1 is 1.35 bits per heavy atom. The van der Waals surface area contributed by atoms with Gasteiger partial charge in [-0.3, -0.25) is 9.59 Å². The number of hydrogen-bond donors (Lipinski definition) is 1. The van der Waals surface area contributed by atoms with E-state index in [1.54, 1.807) is 12.1 Å². The Hall–Kier alpha value is -0.970. The summed E-state index contributed by atoms with van der Waals surface area (Å²) in [7, 11) is 0. The molecule has 0 radical (unpaired) electrons. The number of anilines is 1. The third-order valence-electron chi connectivity index (χ3n) is 2.77. The van der Waals surface area contributed by atoms with Gasteiger partial charge in [0.25, 0.3) is 9.70 Å². The van der Waals surface area contributed by atoms with Gasteiger partial charge in [-0.25, -0.2) is 0 Å². The van der Waals surface area contributed by atoms with Crippen LogP contribution in [0.2, 0.25) is 0 Å². The number of carbonyl (C=O) groups is 2. The number of halogens is 3. The topological polar surface area (TPSA) is 55.4 Å². The number of ketones is 1. The zero-order chi connectivity index (χ0) is 15.1. The summed E-state index contributed by atoms with van der Waals surface area (Å²) in [5.41, 5.74) is 0.245. The lowest BCUT2D eigenvalue weighted by Crippen LogP contribution is -2.36. The van der Waals surface area contributed by atoms with Crippen molar-refractivity contribution in [2.75, 3.05) is 5.32 Å². The number of carbonyl (C=O) groups excluding carboxylic acids is 2. The summed E-state index contributed by atoms with van der Waals surface area (Å²) in [6.45, 7) is 3.68. The van der Waals surface area contributed by atoms with Gasteiger partial charge in [0.05, 0.1) is 12.0 Å². The lowest BCUT2D eigenvalue weighted by atomic mass is 9.93. The zero-order valence-corrected chi connectivity index (χ0v) is 13.1. The summed E-state index contributed by atoms with van der Waals surface area (Å²) >= 11 is 16.4. The molecular formula is C13H12Cl3NO3. The second-order valence-electron chi connectivity index (χ2n) is 5.12. The summed E-state index contributed by atoms with van der Waals surface area (Å²) in [6, 6.07) is 4.71. The molecule has 0 saturated carbocycles. The first-order chi connectivity index (χ1) is 9.08. The number of Topliss-reactive ketones (excluding diaryl/α,β-unsaturated/α-hetero) is 1. The van der Waals surface area contributed by atoms with Gasteiger partial charge in [-0.2, -0.15) is 0 Å². The number of ether oxygens (including phenoxy) is 1. The van der Waals surface area contributed by atoms with Crippen molar-refractivity contribution in [2.24, 2.45) is 0 Å². The molecule has 0 bridgehead atoms. The van der Waals surface area contributed by atoms with Crippen molar-refractivity contribution in [2.45, 2.75) is 29.7 Å². The molecular weight excluding hydrogens is 325 g/mol. The fourth-order valence-electron chi connectivity index (χ4n) is 1.93. The molecule has 7 heteroatoms. The van der Waals surface area contributed by atoms with Gasteiger partial charge in [-0.1, -0.05) is 34.8 Å². The quantitative estimate of drug-likeness (QED) is 0.795. The Bertz CT molecular complexity index is 579. The molecule has 0 fully saturated rings. The number of nitrogens with one attached hydrogen (secondary N) is 1. The van der Waals surface area contributed by atoms with E-state index in [0.717, 1.165) is 0 Å². The number of alkyl halides is 3. The Labute approximate surface area is 131 Å². The van der Waals surface area contributed by atoms with E-state index in [2.05, 4.69) is 5.32 Å². The van der Waals surface area contributed by atoms with Crippen LogP contribution < -0.4 is 10.1 Å². The van der Waals surface area contributed by atoms with E-state index in [0.29, 0.717) is 17.0 Å². The molecule has 1 heterocycles. The molecule has 1 aliphatic heterocycles. The second-order valence-corrected chi connectivity index (χ2v) is 7.41. The lowest BCUT2D eigenvalue weighted by Gasteiger charge is -2.31. The van der Waals surface area contributed by atoms with Crippen molar-refractivity contribution in [3.8, 4) is 5.75 Å². The zero-order valence-electron chi connectivity index (χ0n) is 10.8. The maximum absolute atomic E-state index is 12.1. The molecule has 20 heavy (non-hydrogen) atoms. The predicted octanol–water partition coefficient (Wildman–Crippen LogP) is 3.74. The second kappa shape index (κ2) is 5.10. The molecule has 1 aromatic rings. The molecule has 108 valence electrons. The normalized spacial score (nSPS) is 17.1. The monoisotopic (exact) mass is 335 g/mol. The minimum atomic E-state index is -2.06. The molecule has 0 saturated heterocycles. The fourth-order valence-corrected chi connectivity index (χ4v) is 2.07. The Balaban J connectivity index is 2.27. The van der Waals surface area contributed by atoms with Gasteiger partial charge in [0.1, 0.15) is 11.4 Å². The van der Waals surface area contributed by atoms with Crippen LogP contribution in [0.4, 0.5) is 5.69 Å². The number of hydrogen-bond acceptors (Lipinski definition) is 3. The number of rotatable bonds is 1. The number of amides is 1. The van der Waals surface area contributed by atoms with E-state index in [-0.39, 0.29) is 12.2 Å². The van der Waals surface area contributed by atoms with Crippen LogP contribution in [0.25, 0.3) is 0 Å². The largest absolute Gasteiger partial charge is 0.487 e. The van der Waals surface area contributed by atoms with Crippen LogP contribution in [-0.2, 0) is 4.79 Å². The van der Waals surface area contributed by atoms with Gasteiger partial charge in [0, 0.05) is 5.69 Å². The highest BCUT2D eigenvalue weighted by molar-refractivity contribution is 6.76. The van der Waals surface area contributed by atoms with Crippen LogP contribution in [0.3, 0.4) is 0 Å². The van der Waals surface area contributed by atoms with E-state index in [9.17, 15) is 9.59 Å². The van der Waals surface area contributed by atoms with E-state index in [1.165, 1.54) is 6.07 Å². The minimum absolute atomic E-state index is 0.0544. The fraction of sp³-hybridized carbons (Fsp3) is 0.385.